The quantitative estimate of drug-likeness (QED) is 0.598. The lowest BCUT2D eigenvalue weighted by atomic mass is 10.6. The highest BCUT2D eigenvalue weighted by Gasteiger charge is 2.31. The van der Waals surface area contributed by atoms with Gasteiger partial charge in [-0.15, -0.1) is 0 Å². The first-order valence-electron chi connectivity index (χ1n) is 6.45. The average molecular weight is 247 g/mol. The van der Waals surface area contributed by atoms with Crippen molar-refractivity contribution in [2.45, 2.75) is 69.9 Å². The molecule has 0 aromatic carbocycles. The first-order valence-corrected chi connectivity index (χ1v) is 15.5. The van der Waals surface area contributed by atoms with Crippen LogP contribution < -0.4 is 0 Å². The molecule has 0 aliphatic rings. The molecule has 0 spiro atoms. The maximum atomic E-state index is 2.55. The van der Waals surface area contributed by atoms with E-state index in [0.29, 0.717) is 0 Å². The van der Waals surface area contributed by atoms with Crippen LogP contribution in [0, 0.1) is 0 Å². The summed E-state index contributed by atoms with van der Waals surface area (Å²) in [6.45, 7) is 15.1. The van der Waals surface area contributed by atoms with Gasteiger partial charge in [0.25, 0.3) is 0 Å². The molecule has 86 valence electrons. The Bertz CT molecular complexity index is 133. The summed E-state index contributed by atoms with van der Waals surface area (Å²) in [6, 6.07) is 3.19. The van der Waals surface area contributed by atoms with Crippen molar-refractivity contribution in [3.05, 3.63) is 0 Å². The van der Waals surface area contributed by atoms with Crippen molar-refractivity contribution in [3.63, 3.8) is 0 Å². The van der Waals surface area contributed by atoms with Gasteiger partial charge in [0.05, 0.1) is 0 Å². The molecule has 0 rings (SSSR count). The molecule has 0 aliphatic heterocycles. The molecular formula is C11H30Si3. The molecule has 0 amide bonds. The van der Waals surface area contributed by atoms with Crippen molar-refractivity contribution in [1.29, 1.82) is 0 Å². The lowest BCUT2D eigenvalue weighted by Gasteiger charge is -2.33. The van der Waals surface area contributed by atoms with Crippen LogP contribution in [0.3, 0.4) is 0 Å². The van der Waals surface area contributed by atoms with Crippen LogP contribution in [0.4, 0.5) is 0 Å². The SMILES string of the molecule is CCC[Si](CC)(C[SiH](C)C)C[SiH](C)C. The summed E-state index contributed by atoms with van der Waals surface area (Å²) in [5, 5.41) is 0. The van der Waals surface area contributed by atoms with Crippen molar-refractivity contribution in [2.24, 2.45) is 0 Å². The predicted octanol–water partition coefficient (Wildman–Crippen LogP) is 3.92. The van der Waals surface area contributed by atoms with Gasteiger partial charge in [0, 0.05) is 25.7 Å². The van der Waals surface area contributed by atoms with Gasteiger partial charge in [0.15, 0.2) is 0 Å². The van der Waals surface area contributed by atoms with Crippen LogP contribution in [-0.4, -0.2) is 25.7 Å². The van der Waals surface area contributed by atoms with E-state index in [-0.39, 0.29) is 17.6 Å². The number of hydrogen-bond acceptors (Lipinski definition) is 0. The smallest absolute Gasteiger partial charge is 0.0475 e. The Kier molecular flexibility index (Phi) is 7.34. The van der Waals surface area contributed by atoms with Crippen molar-refractivity contribution in [2.75, 3.05) is 0 Å². The summed E-state index contributed by atoms with van der Waals surface area (Å²) in [7, 11) is -1.41. The van der Waals surface area contributed by atoms with E-state index >= 15 is 0 Å². The highest BCUT2D eigenvalue weighted by molar-refractivity contribution is 6.95. The zero-order valence-electron chi connectivity index (χ0n) is 11.2. The summed E-state index contributed by atoms with van der Waals surface area (Å²) in [4.78, 5) is 0. The normalized spacial score (nSPS) is 12.9. The van der Waals surface area contributed by atoms with Crippen molar-refractivity contribution < 1.29 is 0 Å². The fourth-order valence-electron chi connectivity index (χ4n) is 3.02. The summed E-state index contributed by atoms with van der Waals surface area (Å²) < 4.78 is 0. The Morgan fingerprint density at radius 2 is 1.29 bits per heavy atom. The zero-order valence-corrected chi connectivity index (χ0v) is 14.5. The molecule has 0 aromatic heterocycles. The minimum absolute atomic E-state index is 0.320. The minimum atomic E-state index is -0.772. The van der Waals surface area contributed by atoms with Crippen LogP contribution in [0.5, 0.6) is 0 Å². The van der Waals surface area contributed by atoms with Gasteiger partial charge in [-0.3, -0.25) is 0 Å². The fraction of sp³-hybridized carbons (Fsp3) is 1.00. The highest BCUT2D eigenvalue weighted by Crippen LogP contribution is 2.29. The van der Waals surface area contributed by atoms with Crippen molar-refractivity contribution in [1.82, 2.24) is 0 Å². The summed E-state index contributed by atoms with van der Waals surface area (Å²) in [5.74, 6) is 0. The molecule has 0 aliphatic carbocycles. The van der Waals surface area contributed by atoms with Gasteiger partial charge >= 0.3 is 0 Å². The number of hydrogen-bond donors (Lipinski definition) is 0. The van der Waals surface area contributed by atoms with E-state index in [1.165, 1.54) is 6.42 Å². The third-order valence-electron chi connectivity index (χ3n) is 3.21. The fourth-order valence-corrected chi connectivity index (χ4v) is 24.4. The second kappa shape index (κ2) is 7.01. The predicted molar refractivity (Wildman–Crippen MR) is 78.7 cm³/mol. The van der Waals surface area contributed by atoms with Crippen molar-refractivity contribution in [3.8, 4) is 0 Å². The molecule has 0 unspecified atom stereocenters. The van der Waals surface area contributed by atoms with E-state index in [4.69, 9.17) is 0 Å². The molecule has 0 saturated carbocycles. The monoisotopic (exact) mass is 246 g/mol. The Balaban J connectivity index is 4.42. The summed E-state index contributed by atoms with van der Waals surface area (Å²) in [5.41, 5.74) is 3.45. The minimum Gasteiger partial charge on any atom is -0.0724 e. The van der Waals surface area contributed by atoms with Gasteiger partial charge in [-0.05, 0) is 0 Å². The molecule has 3 heteroatoms. The van der Waals surface area contributed by atoms with E-state index < -0.39 is 8.07 Å². The molecule has 0 saturated heterocycles. The Morgan fingerprint density at radius 3 is 1.50 bits per heavy atom. The Hall–Kier alpha value is 0.651. The van der Waals surface area contributed by atoms with Gasteiger partial charge in [0.2, 0.25) is 0 Å². The molecule has 0 aromatic rings. The van der Waals surface area contributed by atoms with Gasteiger partial charge in [-0.2, -0.15) is 0 Å². The maximum absolute atomic E-state index is 2.55. The zero-order chi connectivity index (χ0) is 11.2. The Labute approximate surface area is 95.7 Å². The molecular weight excluding hydrogens is 216 g/mol. The van der Waals surface area contributed by atoms with Gasteiger partial charge in [-0.25, -0.2) is 0 Å². The van der Waals surface area contributed by atoms with E-state index in [2.05, 4.69) is 40.0 Å². The van der Waals surface area contributed by atoms with E-state index in [1.807, 2.05) is 0 Å². The second-order valence-electron chi connectivity index (χ2n) is 5.80. The van der Waals surface area contributed by atoms with Gasteiger partial charge in [0.1, 0.15) is 0 Å². The molecule has 0 heterocycles. The van der Waals surface area contributed by atoms with Crippen LogP contribution in [0.1, 0.15) is 20.3 Å². The third kappa shape index (κ3) is 5.51. The van der Waals surface area contributed by atoms with Crippen LogP contribution in [-0.2, 0) is 0 Å². The number of rotatable bonds is 7. The van der Waals surface area contributed by atoms with Crippen LogP contribution in [0.15, 0.2) is 0 Å². The van der Waals surface area contributed by atoms with Crippen molar-refractivity contribution >= 4 is 25.7 Å². The second-order valence-corrected chi connectivity index (χ2v) is 18.8. The molecule has 0 radical (unpaired) electrons. The topological polar surface area (TPSA) is 0 Å². The third-order valence-corrected chi connectivity index (χ3v) is 19.7. The van der Waals surface area contributed by atoms with E-state index in [0.717, 1.165) is 0 Å². The molecule has 0 bridgehead atoms. The summed E-state index contributed by atoms with van der Waals surface area (Å²) in [6.07, 6.45) is 1.45. The van der Waals surface area contributed by atoms with Gasteiger partial charge < -0.3 is 0 Å². The Morgan fingerprint density at radius 1 is 0.857 bits per heavy atom. The standard InChI is InChI=1S/C11H30Si3/c1-7-9-14(8-2,10-12(3)4)11-13(5)6/h12-13H,7-11H2,1-6H3. The molecule has 14 heavy (non-hydrogen) atoms. The average Bonchev–Trinajstić information content (AvgIpc) is 2.02. The lowest BCUT2D eigenvalue weighted by molar-refractivity contribution is 1.02. The van der Waals surface area contributed by atoms with E-state index in [9.17, 15) is 0 Å². The maximum Gasteiger partial charge on any atom is 0.0475 e. The highest BCUT2D eigenvalue weighted by atomic mass is 28.4. The summed E-state index contributed by atoms with van der Waals surface area (Å²) >= 11 is 0. The first-order chi connectivity index (χ1) is 6.45. The van der Waals surface area contributed by atoms with Crippen LogP contribution in [0.2, 0.25) is 49.6 Å². The van der Waals surface area contributed by atoms with Crippen LogP contribution in [0.25, 0.3) is 0 Å². The lowest BCUT2D eigenvalue weighted by Crippen LogP contribution is -2.40. The molecule has 0 fully saturated rings. The first kappa shape index (κ1) is 14.7. The van der Waals surface area contributed by atoms with Crippen LogP contribution >= 0.6 is 0 Å². The molecule has 0 nitrogen and oxygen atoms in total. The van der Waals surface area contributed by atoms with Gasteiger partial charge in [-0.1, -0.05) is 69.9 Å². The molecule has 0 N–H and O–H groups in total. The molecule has 0 atom stereocenters. The van der Waals surface area contributed by atoms with E-state index in [1.54, 1.807) is 23.4 Å². The largest absolute Gasteiger partial charge is 0.0724 e.